The highest BCUT2D eigenvalue weighted by Crippen LogP contribution is 2.34. The number of nitrogens with zero attached hydrogens (tertiary/aromatic N) is 2. The summed E-state index contributed by atoms with van der Waals surface area (Å²) in [6.07, 6.45) is 3.35. The van der Waals surface area contributed by atoms with Gasteiger partial charge in [-0.25, -0.2) is 4.39 Å². The van der Waals surface area contributed by atoms with Crippen molar-refractivity contribution in [3.63, 3.8) is 0 Å². The van der Waals surface area contributed by atoms with Gasteiger partial charge < -0.3 is 24.7 Å². The van der Waals surface area contributed by atoms with Crippen LogP contribution in [-0.2, 0) is 17.8 Å². The number of halogens is 1. The van der Waals surface area contributed by atoms with E-state index in [2.05, 4.69) is 4.57 Å². The van der Waals surface area contributed by atoms with Crippen LogP contribution in [0.3, 0.4) is 0 Å². The van der Waals surface area contributed by atoms with E-state index in [-0.39, 0.29) is 17.6 Å². The third-order valence-corrected chi connectivity index (χ3v) is 6.45. The molecule has 6 nitrogen and oxygen atoms in total. The molecule has 7 heteroatoms. The van der Waals surface area contributed by atoms with Crippen LogP contribution in [0.5, 0.6) is 5.75 Å². The number of hydrogen-bond donors (Lipinski definition) is 1. The van der Waals surface area contributed by atoms with E-state index in [0.29, 0.717) is 56.3 Å². The molecule has 33 heavy (non-hydrogen) atoms. The Hall–Kier alpha value is -2.90. The minimum atomic E-state index is -0.195. The van der Waals surface area contributed by atoms with Crippen LogP contribution in [0.15, 0.2) is 42.6 Å². The number of carbonyl (C=O) groups excluding carboxylic acids is 1. The summed E-state index contributed by atoms with van der Waals surface area (Å²) in [4.78, 5) is 15.5. The molecule has 1 aromatic heterocycles. The number of piperidine rings is 1. The summed E-state index contributed by atoms with van der Waals surface area (Å²) in [6.45, 7) is 5.21. The molecular formula is C26H32FN3O3. The van der Waals surface area contributed by atoms with E-state index in [1.165, 1.54) is 6.07 Å². The van der Waals surface area contributed by atoms with Crippen molar-refractivity contribution in [2.24, 2.45) is 5.73 Å². The van der Waals surface area contributed by atoms with Gasteiger partial charge in [0.25, 0.3) is 5.91 Å². The number of fused-ring (bicyclic) bond motifs is 1. The first-order valence-corrected chi connectivity index (χ1v) is 11.6. The Kier molecular flexibility index (Phi) is 7.30. The van der Waals surface area contributed by atoms with Crippen molar-refractivity contribution in [2.45, 2.75) is 38.8 Å². The third-order valence-electron chi connectivity index (χ3n) is 6.45. The highest BCUT2D eigenvalue weighted by Gasteiger charge is 2.29. The zero-order valence-corrected chi connectivity index (χ0v) is 19.4. The molecule has 4 rings (SSSR count). The maximum absolute atomic E-state index is 14.5. The molecule has 176 valence electrons. The number of methoxy groups -OCH3 is 1. The number of ether oxygens (including phenoxy) is 2. The molecule has 1 aliphatic rings. The lowest BCUT2D eigenvalue weighted by Crippen LogP contribution is -2.38. The predicted molar refractivity (Wildman–Crippen MR) is 127 cm³/mol. The Morgan fingerprint density at radius 3 is 2.70 bits per heavy atom. The maximum atomic E-state index is 14.5. The van der Waals surface area contributed by atoms with Gasteiger partial charge in [0.05, 0.1) is 29.7 Å². The molecule has 0 bridgehead atoms. The maximum Gasteiger partial charge on any atom is 0.256 e. The third kappa shape index (κ3) is 4.75. The molecule has 3 aromatic rings. The molecule has 1 saturated heterocycles. The molecule has 2 aromatic carbocycles. The van der Waals surface area contributed by atoms with Crippen LogP contribution >= 0.6 is 0 Å². The van der Waals surface area contributed by atoms with E-state index < -0.39 is 0 Å². The Morgan fingerprint density at radius 1 is 1.21 bits per heavy atom. The van der Waals surface area contributed by atoms with Crippen molar-refractivity contribution in [3.8, 4) is 5.75 Å². The molecule has 0 aliphatic carbocycles. The Balaban J connectivity index is 1.58. The van der Waals surface area contributed by atoms with Crippen LogP contribution in [0.2, 0.25) is 0 Å². The van der Waals surface area contributed by atoms with Crippen LogP contribution in [0.4, 0.5) is 4.39 Å². The number of carbonyl (C=O) groups is 1. The highest BCUT2D eigenvalue weighted by molar-refractivity contribution is 6.09. The summed E-state index contributed by atoms with van der Waals surface area (Å²) in [5.41, 5.74) is 8.97. The largest absolute Gasteiger partial charge is 0.493 e. The molecule has 0 unspecified atom stereocenters. The van der Waals surface area contributed by atoms with E-state index in [1.54, 1.807) is 13.2 Å². The van der Waals surface area contributed by atoms with Crippen LogP contribution in [0, 0.1) is 5.82 Å². The van der Waals surface area contributed by atoms with Gasteiger partial charge in [0.15, 0.2) is 0 Å². The van der Waals surface area contributed by atoms with E-state index in [0.717, 1.165) is 29.3 Å². The lowest BCUT2D eigenvalue weighted by molar-refractivity contribution is 0.0713. The normalized spacial score (nSPS) is 14.7. The number of aromatic nitrogens is 1. The van der Waals surface area contributed by atoms with Crippen LogP contribution < -0.4 is 10.5 Å². The van der Waals surface area contributed by atoms with Crippen molar-refractivity contribution in [1.82, 2.24) is 9.47 Å². The van der Waals surface area contributed by atoms with Crippen LogP contribution in [0.25, 0.3) is 10.9 Å². The molecule has 0 saturated carbocycles. The molecule has 1 fully saturated rings. The van der Waals surface area contributed by atoms with Gasteiger partial charge in [-0.3, -0.25) is 4.79 Å². The molecule has 2 N–H and O–H groups in total. The first kappa shape index (κ1) is 23.3. The second-order valence-corrected chi connectivity index (χ2v) is 8.44. The highest BCUT2D eigenvalue weighted by atomic mass is 19.1. The van der Waals surface area contributed by atoms with Gasteiger partial charge in [0.2, 0.25) is 0 Å². The van der Waals surface area contributed by atoms with E-state index in [9.17, 15) is 9.18 Å². The summed E-state index contributed by atoms with van der Waals surface area (Å²) in [5, 5.41) is 0.837. The smallest absolute Gasteiger partial charge is 0.256 e. The summed E-state index contributed by atoms with van der Waals surface area (Å²) >= 11 is 0. The summed E-state index contributed by atoms with van der Waals surface area (Å²) in [5.74, 6) is 0.588. The van der Waals surface area contributed by atoms with E-state index in [4.69, 9.17) is 15.2 Å². The Labute approximate surface area is 194 Å². The molecule has 0 spiro atoms. The molecule has 0 radical (unpaired) electrons. The molecular weight excluding hydrogens is 421 g/mol. The molecule has 1 aliphatic heterocycles. The average Bonchev–Trinajstić information content (AvgIpc) is 3.22. The molecule has 2 heterocycles. The van der Waals surface area contributed by atoms with Gasteiger partial charge in [-0.05, 0) is 55.0 Å². The molecule has 1 amide bonds. The zero-order chi connectivity index (χ0) is 23.4. The number of nitrogens with two attached hydrogens (primary N) is 1. The van der Waals surface area contributed by atoms with Gasteiger partial charge in [0, 0.05) is 39.5 Å². The lowest BCUT2D eigenvalue weighted by Gasteiger charge is -2.32. The Morgan fingerprint density at radius 2 is 2.00 bits per heavy atom. The number of benzene rings is 2. The first-order valence-electron chi connectivity index (χ1n) is 11.6. The van der Waals surface area contributed by atoms with Crippen molar-refractivity contribution in [1.29, 1.82) is 0 Å². The second kappa shape index (κ2) is 10.4. The average molecular weight is 454 g/mol. The number of likely N-dealkylation sites (tertiary alicyclic amines) is 1. The van der Waals surface area contributed by atoms with Crippen LogP contribution in [0.1, 0.15) is 47.2 Å². The summed E-state index contributed by atoms with van der Waals surface area (Å²) in [6, 6.07) is 11.0. The van der Waals surface area contributed by atoms with Gasteiger partial charge in [-0.15, -0.1) is 0 Å². The van der Waals surface area contributed by atoms with Gasteiger partial charge >= 0.3 is 0 Å². The minimum Gasteiger partial charge on any atom is -0.493 e. The SMILES string of the molecule is CCOc1cccc2c1c(C(=O)N1CCC(c3cc(CN)ccc3F)CC1)cn2CCOC. The van der Waals surface area contributed by atoms with E-state index >= 15 is 0 Å². The van der Waals surface area contributed by atoms with Gasteiger partial charge in [0.1, 0.15) is 11.6 Å². The topological polar surface area (TPSA) is 69.7 Å². The summed E-state index contributed by atoms with van der Waals surface area (Å²) in [7, 11) is 1.67. The van der Waals surface area contributed by atoms with Crippen molar-refractivity contribution < 1.29 is 18.7 Å². The second-order valence-electron chi connectivity index (χ2n) is 8.44. The van der Waals surface area contributed by atoms with Gasteiger partial charge in [-0.2, -0.15) is 0 Å². The van der Waals surface area contributed by atoms with Gasteiger partial charge in [-0.1, -0.05) is 18.2 Å². The fraction of sp³-hybridized carbons (Fsp3) is 0.423. The fourth-order valence-corrected chi connectivity index (χ4v) is 4.73. The first-order chi connectivity index (χ1) is 16.1. The molecule has 0 atom stereocenters. The van der Waals surface area contributed by atoms with Crippen molar-refractivity contribution >= 4 is 16.8 Å². The number of amides is 1. The predicted octanol–water partition coefficient (Wildman–Crippen LogP) is 4.30. The Bertz CT molecular complexity index is 1120. The minimum absolute atomic E-state index is 0.0158. The zero-order valence-electron chi connectivity index (χ0n) is 19.4. The van der Waals surface area contributed by atoms with E-state index in [1.807, 2.05) is 42.3 Å². The summed E-state index contributed by atoms with van der Waals surface area (Å²) < 4.78 is 27.6. The van der Waals surface area contributed by atoms with Crippen molar-refractivity contribution in [3.05, 3.63) is 65.1 Å². The lowest BCUT2D eigenvalue weighted by atomic mass is 9.88. The van der Waals surface area contributed by atoms with Crippen molar-refractivity contribution in [2.75, 3.05) is 33.4 Å². The number of hydrogen-bond acceptors (Lipinski definition) is 4. The number of rotatable bonds is 8. The fourth-order valence-electron chi connectivity index (χ4n) is 4.73. The van der Waals surface area contributed by atoms with Crippen LogP contribution in [-0.4, -0.2) is 48.8 Å². The quantitative estimate of drug-likeness (QED) is 0.552. The monoisotopic (exact) mass is 453 g/mol. The standard InChI is InChI=1S/C26H32FN3O3/c1-3-33-24-6-4-5-23-25(24)21(17-30(23)13-14-32-2)26(31)29-11-9-19(10-12-29)20-15-18(16-28)7-8-22(20)27/h4-8,15,17,19H,3,9-14,16,28H2,1-2H3.